The van der Waals surface area contributed by atoms with E-state index in [-0.39, 0.29) is 19.4 Å². The quantitative estimate of drug-likeness (QED) is 0.0150. The van der Waals surface area contributed by atoms with Crippen LogP contribution in [0.3, 0.4) is 0 Å². The molecule has 1 amide bonds. The van der Waals surface area contributed by atoms with E-state index >= 15 is 0 Å². The molecule has 1 fully saturated rings. The molecule has 1 aliphatic rings. The van der Waals surface area contributed by atoms with Gasteiger partial charge in [-0.15, -0.1) is 0 Å². The average Bonchev–Trinajstić information content (AvgIpc) is 3.34. The third-order valence-electron chi connectivity index (χ3n) is 11.5. The Labute approximate surface area is 417 Å². The number of carbonyl (C=O) groups is 2. The van der Waals surface area contributed by atoms with E-state index in [0.29, 0.717) is 19.3 Å². The zero-order valence-corrected chi connectivity index (χ0v) is 42.6. The maximum atomic E-state index is 13.3. The first-order chi connectivity index (χ1) is 33.7. The van der Waals surface area contributed by atoms with Crippen molar-refractivity contribution in [3.63, 3.8) is 0 Å². The third-order valence-corrected chi connectivity index (χ3v) is 11.5. The van der Waals surface area contributed by atoms with Gasteiger partial charge in [-0.05, 0) is 83.5 Å². The lowest BCUT2D eigenvalue weighted by Crippen LogP contribution is -2.61. The van der Waals surface area contributed by atoms with E-state index in [1.807, 2.05) is 60.8 Å². The van der Waals surface area contributed by atoms with Gasteiger partial charge in [0.15, 0.2) is 12.4 Å². The van der Waals surface area contributed by atoms with E-state index in [1.165, 1.54) is 38.5 Å². The molecular weight excluding hydrogens is 871 g/mol. The van der Waals surface area contributed by atoms with Gasteiger partial charge in [0.05, 0.1) is 25.4 Å². The molecule has 6 N–H and O–H groups in total. The number of esters is 1. The minimum absolute atomic E-state index is 0.0327. The predicted molar refractivity (Wildman–Crippen MR) is 282 cm³/mol. The zero-order valence-electron chi connectivity index (χ0n) is 42.6. The van der Waals surface area contributed by atoms with Crippen LogP contribution < -0.4 is 5.32 Å². The van der Waals surface area contributed by atoms with Crippen LogP contribution in [0.2, 0.25) is 0 Å². The first kappa shape index (κ1) is 63.1. The second-order valence-electron chi connectivity index (χ2n) is 17.6. The van der Waals surface area contributed by atoms with Crippen LogP contribution >= 0.6 is 0 Å². The molecule has 0 aromatic heterocycles. The summed E-state index contributed by atoms with van der Waals surface area (Å²) >= 11 is 0. The van der Waals surface area contributed by atoms with Crippen LogP contribution in [0.25, 0.3) is 0 Å². The summed E-state index contributed by atoms with van der Waals surface area (Å²) in [6.45, 7) is 5.41. The highest BCUT2D eigenvalue weighted by Crippen LogP contribution is 2.26. The largest absolute Gasteiger partial charge is 0.454 e. The lowest BCUT2D eigenvalue weighted by molar-refractivity contribution is -0.305. The molecule has 0 aliphatic carbocycles. The molecule has 390 valence electrons. The standard InChI is InChI=1S/C58H93NO10/c1-4-7-10-13-16-19-22-24-25-26-27-28-31-34-37-40-43-46-53(63)69-56-55(65)54(64)52(47-60)68-58(56)67-48-49(50(61)44-41-38-35-32-29-21-18-15-12-9-6-3)59-57(66)51(62)45-42-39-36-33-30-23-20-17-14-11-8-5-2/h7-8,10-11,14,16-17,19-20,23-25,27-28,30,33-34,37,41,44,49-52,54-56,58,60-62,64-65H,4-6,9,12-13,15,18,21-22,26,29,31-32,35-36,38-40,42-43,45-48H2,1-3H3,(H,59,66)/b10-7-,11-8+,17-14+,19-16-,23-20-,25-24-,28-27-,33-30-,37-34-,44-41+. The summed E-state index contributed by atoms with van der Waals surface area (Å²) in [6, 6.07) is -1.06. The van der Waals surface area contributed by atoms with Crippen molar-refractivity contribution in [3.8, 4) is 0 Å². The highest BCUT2D eigenvalue weighted by Gasteiger charge is 2.47. The summed E-state index contributed by atoms with van der Waals surface area (Å²) in [5.74, 6) is -1.31. The first-order valence-electron chi connectivity index (χ1n) is 26.4. The SMILES string of the molecule is CC/C=C\C/C=C\C/C=C\C/C=C\C/C=C\CCCC(=O)OC1C(OCC(NC(=O)C(O)CCCC\C=C/C=C\C=C\C=C\CC)C(O)/C=C/CCCCCCCCCCC)OC(CO)C(O)C1O. The molecule has 11 heteroatoms. The highest BCUT2D eigenvalue weighted by atomic mass is 16.7. The fourth-order valence-corrected chi connectivity index (χ4v) is 7.28. The van der Waals surface area contributed by atoms with Crippen molar-refractivity contribution in [2.24, 2.45) is 0 Å². The molecule has 0 aromatic rings. The van der Waals surface area contributed by atoms with Gasteiger partial charge in [-0.25, -0.2) is 0 Å². The van der Waals surface area contributed by atoms with Gasteiger partial charge in [0, 0.05) is 6.42 Å². The van der Waals surface area contributed by atoms with Gasteiger partial charge in [-0.2, -0.15) is 0 Å². The van der Waals surface area contributed by atoms with Gasteiger partial charge in [0.1, 0.15) is 24.4 Å². The number of nitrogens with one attached hydrogen (secondary N) is 1. The molecule has 8 unspecified atom stereocenters. The topological polar surface area (TPSA) is 175 Å². The van der Waals surface area contributed by atoms with Crippen LogP contribution in [-0.4, -0.2) is 99.6 Å². The molecule has 8 atom stereocenters. The lowest BCUT2D eigenvalue weighted by atomic mass is 9.99. The Balaban J connectivity index is 2.83. The number of amides is 1. The minimum atomic E-state index is -1.65. The normalized spacial score (nSPS) is 20.8. The maximum Gasteiger partial charge on any atom is 0.306 e. The van der Waals surface area contributed by atoms with Gasteiger partial charge >= 0.3 is 5.97 Å². The number of rotatable bonds is 41. The summed E-state index contributed by atoms with van der Waals surface area (Å²) < 4.78 is 17.4. The number of hydrogen-bond acceptors (Lipinski definition) is 10. The van der Waals surface area contributed by atoms with Crippen molar-refractivity contribution >= 4 is 11.9 Å². The van der Waals surface area contributed by atoms with Crippen LogP contribution in [0, 0.1) is 0 Å². The molecule has 0 bridgehead atoms. The van der Waals surface area contributed by atoms with E-state index in [9.17, 15) is 35.1 Å². The van der Waals surface area contributed by atoms with Crippen molar-refractivity contribution in [2.75, 3.05) is 13.2 Å². The molecule has 0 aromatic carbocycles. The number of ether oxygens (including phenoxy) is 3. The van der Waals surface area contributed by atoms with E-state index in [1.54, 1.807) is 6.08 Å². The summed E-state index contributed by atoms with van der Waals surface area (Å²) in [7, 11) is 0. The number of hydrogen-bond donors (Lipinski definition) is 6. The van der Waals surface area contributed by atoms with E-state index < -0.39 is 67.4 Å². The molecular formula is C58H93NO10. The second-order valence-corrected chi connectivity index (χ2v) is 17.6. The average molecular weight is 964 g/mol. The van der Waals surface area contributed by atoms with Gasteiger partial charge in [0.25, 0.3) is 0 Å². The molecule has 11 nitrogen and oxygen atoms in total. The van der Waals surface area contributed by atoms with Gasteiger partial charge in [0.2, 0.25) is 5.91 Å². The molecule has 1 saturated heterocycles. The molecule has 1 aliphatic heterocycles. The van der Waals surface area contributed by atoms with Gasteiger partial charge in [-0.1, -0.05) is 200 Å². The van der Waals surface area contributed by atoms with Crippen molar-refractivity contribution in [2.45, 2.75) is 217 Å². The second kappa shape index (κ2) is 45.2. The Hall–Kier alpha value is -3.94. The summed E-state index contributed by atoms with van der Waals surface area (Å²) in [5, 5.41) is 56.5. The summed E-state index contributed by atoms with van der Waals surface area (Å²) in [5.41, 5.74) is 0. The number of allylic oxidation sites excluding steroid dienone is 19. The molecule has 1 heterocycles. The monoisotopic (exact) mass is 964 g/mol. The highest BCUT2D eigenvalue weighted by molar-refractivity contribution is 5.80. The zero-order chi connectivity index (χ0) is 50.4. The van der Waals surface area contributed by atoms with Crippen LogP contribution in [-0.2, 0) is 23.8 Å². The van der Waals surface area contributed by atoms with Gasteiger partial charge < -0.3 is 45.1 Å². The molecule has 0 radical (unpaired) electrons. The fraction of sp³-hybridized carbons (Fsp3) is 0.621. The van der Waals surface area contributed by atoms with Crippen molar-refractivity contribution < 1.29 is 49.3 Å². The van der Waals surface area contributed by atoms with E-state index in [0.717, 1.165) is 77.0 Å². The number of aliphatic hydroxyl groups is 5. The maximum absolute atomic E-state index is 13.3. The van der Waals surface area contributed by atoms with Gasteiger partial charge in [-0.3, -0.25) is 9.59 Å². The Morgan fingerprint density at radius 3 is 1.72 bits per heavy atom. The Kier molecular flexibility index (Phi) is 41.3. The molecule has 1 rings (SSSR count). The van der Waals surface area contributed by atoms with Crippen molar-refractivity contribution in [1.82, 2.24) is 5.32 Å². The van der Waals surface area contributed by atoms with Crippen molar-refractivity contribution in [3.05, 3.63) is 122 Å². The summed E-state index contributed by atoms with van der Waals surface area (Å²) in [4.78, 5) is 26.3. The fourth-order valence-electron chi connectivity index (χ4n) is 7.28. The van der Waals surface area contributed by atoms with Crippen LogP contribution in [0.5, 0.6) is 0 Å². The van der Waals surface area contributed by atoms with Crippen LogP contribution in [0.15, 0.2) is 122 Å². The van der Waals surface area contributed by atoms with E-state index in [2.05, 4.69) is 80.8 Å². The molecule has 0 spiro atoms. The smallest absolute Gasteiger partial charge is 0.306 e. The molecule has 69 heavy (non-hydrogen) atoms. The number of unbranched alkanes of at least 4 members (excludes halogenated alkanes) is 12. The number of aliphatic hydroxyl groups excluding tert-OH is 5. The first-order valence-corrected chi connectivity index (χ1v) is 26.4. The molecule has 0 saturated carbocycles. The number of carbonyl (C=O) groups excluding carboxylic acids is 2. The Morgan fingerprint density at radius 1 is 0.594 bits per heavy atom. The predicted octanol–water partition coefficient (Wildman–Crippen LogP) is 11.2. The van der Waals surface area contributed by atoms with Crippen LogP contribution in [0.1, 0.15) is 168 Å². The Bertz CT molecular complexity index is 1570. The Morgan fingerprint density at radius 2 is 1.12 bits per heavy atom. The minimum Gasteiger partial charge on any atom is -0.454 e. The van der Waals surface area contributed by atoms with Crippen molar-refractivity contribution in [1.29, 1.82) is 0 Å². The third kappa shape index (κ3) is 34.1. The summed E-state index contributed by atoms with van der Waals surface area (Å²) in [6.07, 6.45) is 51.2. The lowest BCUT2D eigenvalue weighted by Gasteiger charge is -2.41. The van der Waals surface area contributed by atoms with E-state index in [4.69, 9.17) is 14.2 Å². The van der Waals surface area contributed by atoms with Crippen LogP contribution in [0.4, 0.5) is 0 Å².